The Bertz CT molecular complexity index is 634. The number of fused-ring (bicyclic) bond motifs is 1. The number of carbonyl (C=O) groups is 1. The summed E-state index contributed by atoms with van der Waals surface area (Å²) in [7, 11) is 0. The highest BCUT2D eigenvalue weighted by atomic mass is 16.5. The summed E-state index contributed by atoms with van der Waals surface area (Å²) in [5, 5.41) is 18.3. The minimum Gasteiger partial charge on any atom is -0.482 e. The molecular formula is C16H14O4. The maximum absolute atomic E-state index is 12.3. The van der Waals surface area contributed by atoms with Crippen LogP contribution in [-0.2, 0) is 6.42 Å². The number of ether oxygens (including phenoxy) is 1. The Morgan fingerprint density at radius 2 is 1.90 bits per heavy atom. The van der Waals surface area contributed by atoms with E-state index >= 15 is 0 Å². The highest BCUT2D eigenvalue weighted by Crippen LogP contribution is 2.32. The molecular weight excluding hydrogens is 256 g/mol. The van der Waals surface area contributed by atoms with Gasteiger partial charge in [0.25, 0.3) is 0 Å². The average molecular weight is 270 g/mol. The van der Waals surface area contributed by atoms with Crippen molar-refractivity contribution in [2.45, 2.75) is 18.8 Å². The molecule has 2 aromatic rings. The molecule has 0 bridgehead atoms. The minimum absolute atomic E-state index is 0.0621. The van der Waals surface area contributed by atoms with Crippen LogP contribution in [0.15, 0.2) is 48.5 Å². The number of aliphatic hydroxyl groups is 2. The number of carbonyl (C=O) groups excluding carboxylic acids is 1. The van der Waals surface area contributed by atoms with Gasteiger partial charge in [-0.1, -0.05) is 36.4 Å². The van der Waals surface area contributed by atoms with Gasteiger partial charge in [-0.3, -0.25) is 4.79 Å². The molecule has 0 spiro atoms. The number of Topliss-reactive ketones (excluding diaryl/α,β-unsaturated/α-hetero) is 1. The van der Waals surface area contributed by atoms with Gasteiger partial charge in [-0.2, -0.15) is 0 Å². The van der Waals surface area contributed by atoms with Crippen molar-refractivity contribution in [1.29, 1.82) is 0 Å². The van der Waals surface area contributed by atoms with E-state index < -0.39 is 12.4 Å². The van der Waals surface area contributed by atoms with Gasteiger partial charge in [-0.15, -0.1) is 0 Å². The SMILES string of the molecule is O=C(c1ccccc1)C1Cc2cc(C(O)O)ccc2O1. The van der Waals surface area contributed by atoms with Crippen LogP contribution in [0, 0.1) is 0 Å². The molecule has 4 heteroatoms. The molecule has 0 saturated heterocycles. The maximum atomic E-state index is 12.3. The van der Waals surface area contributed by atoms with Crippen molar-refractivity contribution in [2.75, 3.05) is 0 Å². The summed E-state index contributed by atoms with van der Waals surface area (Å²) in [6.45, 7) is 0. The van der Waals surface area contributed by atoms with E-state index in [1.165, 1.54) is 0 Å². The Balaban J connectivity index is 1.82. The number of rotatable bonds is 3. The quantitative estimate of drug-likeness (QED) is 0.660. The van der Waals surface area contributed by atoms with Gasteiger partial charge in [0, 0.05) is 17.5 Å². The Morgan fingerprint density at radius 3 is 2.60 bits per heavy atom. The van der Waals surface area contributed by atoms with Crippen molar-refractivity contribution < 1.29 is 19.7 Å². The van der Waals surface area contributed by atoms with Crippen molar-refractivity contribution in [3.8, 4) is 5.75 Å². The molecule has 0 aromatic heterocycles. The van der Waals surface area contributed by atoms with Crippen LogP contribution >= 0.6 is 0 Å². The lowest BCUT2D eigenvalue weighted by Gasteiger charge is -2.09. The minimum atomic E-state index is -1.51. The molecule has 0 saturated carbocycles. The molecule has 1 aliphatic heterocycles. The van der Waals surface area contributed by atoms with Crippen molar-refractivity contribution in [1.82, 2.24) is 0 Å². The molecule has 20 heavy (non-hydrogen) atoms. The summed E-state index contributed by atoms with van der Waals surface area (Å²) in [4.78, 5) is 12.3. The van der Waals surface area contributed by atoms with Crippen LogP contribution in [0.1, 0.15) is 27.8 Å². The fraction of sp³-hybridized carbons (Fsp3) is 0.188. The van der Waals surface area contributed by atoms with E-state index in [0.717, 1.165) is 5.56 Å². The molecule has 1 heterocycles. The zero-order chi connectivity index (χ0) is 14.1. The van der Waals surface area contributed by atoms with Crippen LogP contribution < -0.4 is 4.74 Å². The molecule has 0 fully saturated rings. The third-order valence-corrected chi connectivity index (χ3v) is 3.41. The summed E-state index contributed by atoms with van der Waals surface area (Å²) in [5.41, 5.74) is 1.85. The highest BCUT2D eigenvalue weighted by molar-refractivity contribution is 6.00. The van der Waals surface area contributed by atoms with Crippen LogP contribution in [0.4, 0.5) is 0 Å². The summed E-state index contributed by atoms with van der Waals surface area (Å²) < 4.78 is 5.65. The predicted molar refractivity (Wildman–Crippen MR) is 72.5 cm³/mol. The van der Waals surface area contributed by atoms with Crippen molar-refractivity contribution in [2.24, 2.45) is 0 Å². The fourth-order valence-corrected chi connectivity index (χ4v) is 2.36. The maximum Gasteiger partial charge on any atom is 0.203 e. The van der Waals surface area contributed by atoms with Gasteiger partial charge in [0.15, 0.2) is 12.4 Å². The number of benzene rings is 2. The predicted octanol–water partition coefficient (Wildman–Crippen LogP) is 1.86. The highest BCUT2D eigenvalue weighted by Gasteiger charge is 2.30. The van der Waals surface area contributed by atoms with E-state index in [1.54, 1.807) is 30.3 Å². The number of aliphatic hydroxyl groups excluding tert-OH is 1. The first-order valence-corrected chi connectivity index (χ1v) is 6.40. The van der Waals surface area contributed by atoms with Crippen molar-refractivity contribution in [3.63, 3.8) is 0 Å². The molecule has 3 rings (SSSR count). The van der Waals surface area contributed by atoms with Crippen LogP contribution in [0.5, 0.6) is 5.75 Å². The lowest BCUT2D eigenvalue weighted by atomic mass is 10.0. The Labute approximate surface area is 116 Å². The smallest absolute Gasteiger partial charge is 0.203 e. The van der Waals surface area contributed by atoms with Gasteiger partial charge in [-0.25, -0.2) is 0 Å². The monoisotopic (exact) mass is 270 g/mol. The van der Waals surface area contributed by atoms with Gasteiger partial charge in [0.2, 0.25) is 5.78 Å². The number of hydrogen-bond donors (Lipinski definition) is 2. The second kappa shape index (κ2) is 5.07. The molecule has 1 aliphatic rings. The summed E-state index contributed by atoms with van der Waals surface area (Å²) in [5.74, 6) is 0.566. The van der Waals surface area contributed by atoms with Crippen molar-refractivity contribution >= 4 is 5.78 Å². The first kappa shape index (κ1) is 12.8. The second-order valence-corrected chi connectivity index (χ2v) is 4.78. The number of hydrogen-bond acceptors (Lipinski definition) is 4. The molecule has 1 unspecified atom stereocenters. The molecule has 0 radical (unpaired) electrons. The van der Waals surface area contributed by atoms with E-state index in [2.05, 4.69) is 0 Å². The first-order valence-electron chi connectivity index (χ1n) is 6.40. The normalized spacial score (nSPS) is 16.9. The van der Waals surface area contributed by atoms with Gasteiger partial charge in [0.05, 0.1) is 0 Å². The first-order chi connectivity index (χ1) is 9.65. The van der Waals surface area contributed by atoms with E-state index in [1.807, 2.05) is 18.2 Å². The molecule has 2 aromatic carbocycles. The fourth-order valence-electron chi connectivity index (χ4n) is 2.36. The molecule has 2 N–H and O–H groups in total. The molecule has 1 atom stereocenters. The van der Waals surface area contributed by atoms with Gasteiger partial charge >= 0.3 is 0 Å². The summed E-state index contributed by atoms with van der Waals surface area (Å²) in [6.07, 6.45) is -1.61. The van der Waals surface area contributed by atoms with E-state index in [0.29, 0.717) is 23.3 Å². The standard InChI is InChI=1S/C16H14O4/c17-15(10-4-2-1-3-5-10)14-9-12-8-11(16(18)19)6-7-13(12)20-14/h1-8,14,16,18-19H,9H2. The van der Waals surface area contributed by atoms with Crippen LogP contribution in [-0.4, -0.2) is 22.1 Å². The van der Waals surface area contributed by atoms with Gasteiger partial charge in [0.1, 0.15) is 5.75 Å². The summed E-state index contributed by atoms with van der Waals surface area (Å²) in [6, 6.07) is 13.9. The average Bonchev–Trinajstić information content (AvgIpc) is 2.90. The molecule has 4 nitrogen and oxygen atoms in total. The Morgan fingerprint density at radius 1 is 1.15 bits per heavy atom. The Kier molecular flexibility index (Phi) is 3.26. The molecule has 0 aliphatic carbocycles. The zero-order valence-corrected chi connectivity index (χ0v) is 10.7. The largest absolute Gasteiger partial charge is 0.482 e. The van der Waals surface area contributed by atoms with Gasteiger partial charge < -0.3 is 14.9 Å². The Hall–Kier alpha value is -2.17. The third kappa shape index (κ3) is 2.31. The lowest BCUT2D eigenvalue weighted by Crippen LogP contribution is -2.25. The lowest BCUT2D eigenvalue weighted by molar-refractivity contribution is -0.0425. The van der Waals surface area contributed by atoms with Crippen LogP contribution in [0.2, 0.25) is 0 Å². The zero-order valence-electron chi connectivity index (χ0n) is 10.7. The van der Waals surface area contributed by atoms with E-state index in [-0.39, 0.29) is 5.78 Å². The van der Waals surface area contributed by atoms with E-state index in [9.17, 15) is 4.79 Å². The second-order valence-electron chi connectivity index (χ2n) is 4.78. The molecule has 0 amide bonds. The van der Waals surface area contributed by atoms with Crippen LogP contribution in [0.3, 0.4) is 0 Å². The van der Waals surface area contributed by atoms with Gasteiger partial charge in [-0.05, 0) is 17.7 Å². The number of ketones is 1. The van der Waals surface area contributed by atoms with Crippen LogP contribution in [0.25, 0.3) is 0 Å². The third-order valence-electron chi connectivity index (χ3n) is 3.41. The topological polar surface area (TPSA) is 66.8 Å². The van der Waals surface area contributed by atoms with Crippen molar-refractivity contribution in [3.05, 3.63) is 65.2 Å². The summed E-state index contributed by atoms with van der Waals surface area (Å²) >= 11 is 0. The van der Waals surface area contributed by atoms with E-state index in [4.69, 9.17) is 14.9 Å². The molecule has 102 valence electrons.